The van der Waals surface area contributed by atoms with Gasteiger partial charge in [-0.2, -0.15) is 0 Å². The van der Waals surface area contributed by atoms with Crippen molar-refractivity contribution in [3.8, 4) is 17.2 Å². The Hall–Kier alpha value is -3.80. The summed E-state index contributed by atoms with van der Waals surface area (Å²) in [4.78, 5) is 24.2. The molecule has 3 aromatic carbocycles. The minimum atomic E-state index is -0.567. The highest BCUT2D eigenvalue weighted by Gasteiger charge is 2.11. The second-order valence-electron chi connectivity index (χ2n) is 6.66. The number of para-hydroxylation sites is 2. The first kappa shape index (κ1) is 21.9. The summed E-state index contributed by atoms with van der Waals surface area (Å²) >= 11 is 0. The lowest BCUT2D eigenvalue weighted by Crippen LogP contribution is -2.18. The number of methoxy groups -OCH3 is 1. The van der Waals surface area contributed by atoms with Crippen molar-refractivity contribution in [2.24, 2.45) is 0 Å². The second kappa shape index (κ2) is 11.4. The lowest BCUT2D eigenvalue weighted by atomic mass is 10.1. The van der Waals surface area contributed by atoms with Gasteiger partial charge in [0.2, 0.25) is 0 Å². The van der Waals surface area contributed by atoms with Crippen LogP contribution < -0.4 is 14.2 Å². The number of carbonyl (C=O) groups is 2. The molecule has 0 atom stereocenters. The van der Waals surface area contributed by atoms with Gasteiger partial charge in [-0.25, -0.2) is 9.59 Å². The molecule has 0 bridgehead atoms. The zero-order valence-corrected chi connectivity index (χ0v) is 17.3. The van der Waals surface area contributed by atoms with Crippen LogP contribution in [0.2, 0.25) is 0 Å². The monoisotopic (exact) mass is 420 g/mol. The highest BCUT2D eigenvalue weighted by Crippen LogP contribution is 2.25. The van der Waals surface area contributed by atoms with E-state index in [0.29, 0.717) is 29.4 Å². The van der Waals surface area contributed by atoms with Crippen LogP contribution in [-0.2, 0) is 16.0 Å². The summed E-state index contributed by atoms with van der Waals surface area (Å²) in [6.45, 7) is 0.0658. The molecule has 3 aromatic rings. The lowest BCUT2D eigenvalue weighted by Gasteiger charge is -2.10. The SMILES string of the molecule is COc1ccccc1OCC(=O)Oc1ccc(C(=O)OCCCc2ccccc2)cc1. The van der Waals surface area contributed by atoms with E-state index in [2.05, 4.69) is 0 Å². The molecule has 0 amide bonds. The van der Waals surface area contributed by atoms with E-state index in [1.165, 1.54) is 12.7 Å². The Bertz CT molecular complexity index is 982. The topological polar surface area (TPSA) is 71.1 Å². The first-order chi connectivity index (χ1) is 15.2. The average Bonchev–Trinajstić information content (AvgIpc) is 2.81. The van der Waals surface area contributed by atoms with E-state index < -0.39 is 11.9 Å². The van der Waals surface area contributed by atoms with E-state index in [4.69, 9.17) is 18.9 Å². The van der Waals surface area contributed by atoms with Crippen LogP contribution in [0.5, 0.6) is 17.2 Å². The molecule has 31 heavy (non-hydrogen) atoms. The minimum absolute atomic E-state index is 0.272. The van der Waals surface area contributed by atoms with Gasteiger partial charge in [-0.15, -0.1) is 0 Å². The summed E-state index contributed by atoms with van der Waals surface area (Å²) < 4.78 is 21.1. The predicted molar refractivity (Wildman–Crippen MR) is 116 cm³/mol. The number of hydrogen-bond donors (Lipinski definition) is 0. The van der Waals surface area contributed by atoms with E-state index in [1.807, 2.05) is 30.3 Å². The maximum absolute atomic E-state index is 12.1. The largest absolute Gasteiger partial charge is 0.493 e. The number of aryl methyl sites for hydroxylation is 1. The second-order valence-corrected chi connectivity index (χ2v) is 6.66. The fourth-order valence-electron chi connectivity index (χ4n) is 2.86. The van der Waals surface area contributed by atoms with Crippen LogP contribution in [0, 0.1) is 0 Å². The zero-order chi connectivity index (χ0) is 21.9. The van der Waals surface area contributed by atoms with Crippen LogP contribution in [-0.4, -0.2) is 32.3 Å². The summed E-state index contributed by atoms with van der Waals surface area (Å²) in [5.41, 5.74) is 1.60. The summed E-state index contributed by atoms with van der Waals surface area (Å²) in [5, 5.41) is 0. The van der Waals surface area contributed by atoms with Crippen LogP contribution in [0.15, 0.2) is 78.9 Å². The van der Waals surface area contributed by atoms with Crippen molar-refractivity contribution >= 4 is 11.9 Å². The van der Waals surface area contributed by atoms with Crippen molar-refractivity contribution < 1.29 is 28.5 Å². The van der Waals surface area contributed by atoms with Gasteiger partial charge in [0, 0.05) is 0 Å². The van der Waals surface area contributed by atoms with Crippen LogP contribution >= 0.6 is 0 Å². The maximum Gasteiger partial charge on any atom is 0.349 e. The van der Waals surface area contributed by atoms with Crippen molar-refractivity contribution in [3.63, 3.8) is 0 Å². The molecule has 0 saturated heterocycles. The fraction of sp³-hybridized carbons (Fsp3) is 0.200. The van der Waals surface area contributed by atoms with Crippen molar-refractivity contribution in [2.45, 2.75) is 12.8 Å². The first-order valence-electron chi connectivity index (χ1n) is 9.93. The molecule has 0 unspecified atom stereocenters. The van der Waals surface area contributed by atoms with Crippen molar-refractivity contribution in [2.75, 3.05) is 20.3 Å². The molecule has 0 aliphatic heterocycles. The third-order valence-electron chi connectivity index (χ3n) is 4.42. The molecule has 0 aliphatic rings. The standard InChI is InChI=1S/C25H24O6/c1-28-22-11-5-6-12-23(22)30-18-24(26)31-21-15-13-20(14-16-21)25(27)29-17-7-10-19-8-3-2-4-9-19/h2-6,8-9,11-16H,7,10,17-18H2,1H3. The molecule has 160 valence electrons. The maximum atomic E-state index is 12.1. The van der Waals surface area contributed by atoms with Gasteiger partial charge in [-0.05, 0) is 54.8 Å². The lowest BCUT2D eigenvalue weighted by molar-refractivity contribution is -0.136. The van der Waals surface area contributed by atoms with Gasteiger partial charge in [0.05, 0.1) is 19.3 Å². The van der Waals surface area contributed by atoms with Crippen molar-refractivity contribution in [3.05, 3.63) is 90.0 Å². The van der Waals surface area contributed by atoms with Crippen LogP contribution in [0.1, 0.15) is 22.3 Å². The van der Waals surface area contributed by atoms with Gasteiger partial charge in [0.25, 0.3) is 0 Å². The molecular formula is C25H24O6. The quantitative estimate of drug-likeness (QED) is 0.274. The van der Waals surface area contributed by atoms with Gasteiger partial charge < -0.3 is 18.9 Å². The number of esters is 2. The molecule has 0 saturated carbocycles. The predicted octanol–water partition coefficient (Wildman–Crippen LogP) is 4.47. The molecule has 0 aromatic heterocycles. The first-order valence-corrected chi connectivity index (χ1v) is 9.93. The van der Waals surface area contributed by atoms with Crippen molar-refractivity contribution in [1.29, 1.82) is 0 Å². The summed E-state index contributed by atoms with van der Waals surface area (Å²) in [7, 11) is 1.52. The zero-order valence-electron chi connectivity index (χ0n) is 17.3. The Labute approximate surface area is 181 Å². The normalized spacial score (nSPS) is 10.2. The molecule has 0 aliphatic carbocycles. The van der Waals surface area contributed by atoms with E-state index in [-0.39, 0.29) is 6.61 Å². The summed E-state index contributed by atoms with van der Waals surface area (Å²) in [6.07, 6.45) is 1.59. The van der Waals surface area contributed by atoms with Crippen molar-refractivity contribution in [1.82, 2.24) is 0 Å². The Morgan fingerprint density at radius 1 is 0.806 bits per heavy atom. The summed E-state index contributed by atoms with van der Waals surface area (Å²) in [5.74, 6) is 0.316. The molecule has 0 spiro atoms. The Morgan fingerprint density at radius 3 is 2.19 bits per heavy atom. The number of rotatable bonds is 10. The highest BCUT2D eigenvalue weighted by atomic mass is 16.6. The Kier molecular flexibility index (Phi) is 8.05. The van der Waals surface area contributed by atoms with Gasteiger partial charge >= 0.3 is 11.9 Å². The molecule has 0 radical (unpaired) electrons. The van der Waals surface area contributed by atoms with Gasteiger partial charge in [0.15, 0.2) is 18.1 Å². The Morgan fingerprint density at radius 2 is 1.48 bits per heavy atom. The summed E-state index contributed by atoms with van der Waals surface area (Å²) in [6, 6.07) is 23.3. The number of benzene rings is 3. The third-order valence-corrected chi connectivity index (χ3v) is 4.42. The van der Waals surface area contributed by atoms with E-state index >= 15 is 0 Å². The highest BCUT2D eigenvalue weighted by molar-refractivity contribution is 5.89. The molecule has 0 fully saturated rings. The fourth-order valence-corrected chi connectivity index (χ4v) is 2.86. The van der Waals surface area contributed by atoms with Crippen LogP contribution in [0.3, 0.4) is 0 Å². The smallest absolute Gasteiger partial charge is 0.349 e. The van der Waals surface area contributed by atoms with E-state index in [0.717, 1.165) is 12.8 Å². The molecule has 0 N–H and O–H groups in total. The van der Waals surface area contributed by atoms with Crippen LogP contribution in [0.4, 0.5) is 0 Å². The molecule has 6 nitrogen and oxygen atoms in total. The average molecular weight is 420 g/mol. The number of carbonyl (C=O) groups excluding carboxylic acids is 2. The van der Waals surface area contributed by atoms with E-state index in [1.54, 1.807) is 48.5 Å². The third kappa shape index (κ3) is 6.89. The van der Waals surface area contributed by atoms with Crippen LogP contribution in [0.25, 0.3) is 0 Å². The molecular weight excluding hydrogens is 396 g/mol. The minimum Gasteiger partial charge on any atom is -0.493 e. The number of ether oxygens (including phenoxy) is 4. The van der Waals surface area contributed by atoms with Gasteiger partial charge in [-0.1, -0.05) is 42.5 Å². The molecule has 6 heteroatoms. The van der Waals surface area contributed by atoms with Gasteiger partial charge in [-0.3, -0.25) is 0 Å². The Balaban J connectivity index is 1.41. The molecule has 0 heterocycles. The molecule has 3 rings (SSSR count). The van der Waals surface area contributed by atoms with Gasteiger partial charge in [0.1, 0.15) is 5.75 Å². The van der Waals surface area contributed by atoms with E-state index in [9.17, 15) is 9.59 Å². The number of hydrogen-bond acceptors (Lipinski definition) is 6.